The molecule has 2 aromatic carbocycles. The molecule has 188 valence electrons. The lowest BCUT2D eigenvalue weighted by Gasteiger charge is -2.27. The van der Waals surface area contributed by atoms with E-state index in [9.17, 15) is 13.0 Å². The van der Waals surface area contributed by atoms with Crippen LogP contribution in [0.25, 0.3) is 10.8 Å². The molecule has 0 spiro atoms. The number of anilines is 4. The molecule has 0 saturated carbocycles. The second-order valence-corrected chi connectivity index (χ2v) is 9.41. The first-order chi connectivity index (χ1) is 16.9. The molecule has 0 amide bonds. The Balaban J connectivity index is 1.82. The molecule has 2 heterocycles. The SMILES string of the molecule is NCCNc1nc(Nc2cc(S(=O)(=O)O)cc3cccc(SOOO)c23)nc(N2CCOCC2)n1. The van der Waals surface area contributed by atoms with Crippen LogP contribution in [-0.2, 0) is 24.2 Å². The fraction of sp³-hybridized carbons (Fsp3) is 0.316. The average molecular weight is 526 g/mol. The van der Waals surface area contributed by atoms with Gasteiger partial charge in [0.1, 0.15) is 0 Å². The van der Waals surface area contributed by atoms with Gasteiger partial charge in [-0.25, -0.2) is 5.26 Å². The van der Waals surface area contributed by atoms with E-state index in [1.165, 1.54) is 12.1 Å². The molecule has 0 atom stereocenters. The minimum absolute atomic E-state index is 0.119. The van der Waals surface area contributed by atoms with Crippen molar-refractivity contribution in [1.29, 1.82) is 0 Å². The minimum atomic E-state index is -4.53. The van der Waals surface area contributed by atoms with E-state index in [4.69, 9.17) is 15.7 Å². The largest absolute Gasteiger partial charge is 0.378 e. The number of hydrogen-bond acceptors (Lipinski definition) is 14. The molecule has 0 unspecified atom stereocenters. The fourth-order valence-corrected chi connectivity index (χ4v) is 4.54. The number of nitrogens with zero attached hydrogens (tertiary/aromatic N) is 4. The van der Waals surface area contributed by atoms with Crippen LogP contribution in [0.3, 0.4) is 0 Å². The number of aromatic nitrogens is 3. The van der Waals surface area contributed by atoms with Gasteiger partial charge in [-0.1, -0.05) is 17.2 Å². The van der Waals surface area contributed by atoms with Gasteiger partial charge in [-0.2, -0.15) is 23.4 Å². The summed E-state index contributed by atoms with van der Waals surface area (Å²) in [6.07, 6.45) is 0. The number of morpholine rings is 1. The highest BCUT2D eigenvalue weighted by Crippen LogP contribution is 2.37. The number of benzene rings is 2. The van der Waals surface area contributed by atoms with Crippen LogP contribution >= 0.6 is 12.0 Å². The molecule has 16 heteroatoms. The van der Waals surface area contributed by atoms with Gasteiger partial charge in [-0.05, 0) is 23.6 Å². The van der Waals surface area contributed by atoms with E-state index in [0.29, 0.717) is 73.1 Å². The summed E-state index contributed by atoms with van der Waals surface area (Å²) in [6, 6.07) is 7.52. The molecule has 1 aliphatic heterocycles. The summed E-state index contributed by atoms with van der Waals surface area (Å²) in [5.41, 5.74) is 5.85. The normalized spacial score (nSPS) is 14.3. The average Bonchev–Trinajstić information content (AvgIpc) is 2.85. The zero-order chi connectivity index (χ0) is 24.8. The number of ether oxygens (including phenoxy) is 1. The smallest absolute Gasteiger partial charge is 0.294 e. The van der Waals surface area contributed by atoms with Gasteiger partial charge in [0, 0.05) is 36.5 Å². The summed E-state index contributed by atoms with van der Waals surface area (Å²) in [6.45, 7) is 2.99. The molecular formula is C19H23N7O7S2. The van der Waals surface area contributed by atoms with E-state index >= 15 is 0 Å². The Morgan fingerprint density at radius 2 is 1.94 bits per heavy atom. The van der Waals surface area contributed by atoms with Crippen LogP contribution in [0.2, 0.25) is 0 Å². The van der Waals surface area contributed by atoms with Gasteiger partial charge in [0.2, 0.25) is 17.8 Å². The molecular weight excluding hydrogens is 502 g/mol. The fourth-order valence-electron chi connectivity index (χ4n) is 3.44. The Bertz CT molecular complexity index is 1290. The lowest BCUT2D eigenvalue weighted by Crippen LogP contribution is -2.37. The molecule has 0 bridgehead atoms. The second kappa shape index (κ2) is 11.3. The minimum Gasteiger partial charge on any atom is -0.378 e. The maximum atomic E-state index is 11.9. The summed E-state index contributed by atoms with van der Waals surface area (Å²) in [7, 11) is -4.53. The van der Waals surface area contributed by atoms with Crippen LogP contribution in [0.15, 0.2) is 40.1 Å². The number of fused-ring (bicyclic) bond motifs is 1. The predicted molar refractivity (Wildman–Crippen MR) is 128 cm³/mol. The van der Waals surface area contributed by atoms with E-state index in [2.05, 4.69) is 35.0 Å². The Morgan fingerprint density at radius 3 is 2.66 bits per heavy atom. The van der Waals surface area contributed by atoms with Crippen molar-refractivity contribution in [2.75, 3.05) is 54.9 Å². The van der Waals surface area contributed by atoms with Gasteiger partial charge < -0.3 is 26.0 Å². The molecule has 0 radical (unpaired) electrons. The maximum absolute atomic E-state index is 11.9. The Hall–Kier alpha value is -2.83. The molecule has 6 N–H and O–H groups in total. The second-order valence-electron chi connectivity index (χ2n) is 7.25. The van der Waals surface area contributed by atoms with Crippen LogP contribution in [0, 0.1) is 0 Å². The van der Waals surface area contributed by atoms with Crippen LogP contribution in [0.1, 0.15) is 0 Å². The molecule has 1 fully saturated rings. The van der Waals surface area contributed by atoms with Gasteiger partial charge in [0.25, 0.3) is 10.1 Å². The van der Waals surface area contributed by atoms with Gasteiger partial charge in [-0.15, -0.1) is 4.33 Å². The third kappa shape index (κ3) is 6.24. The first-order valence-electron chi connectivity index (χ1n) is 10.4. The molecule has 14 nitrogen and oxygen atoms in total. The lowest BCUT2D eigenvalue weighted by molar-refractivity contribution is -0.432. The topological polar surface area (TPSA) is 194 Å². The molecule has 35 heavy (non-hydrogen) atoms. The van der Waals surface area contributed by atoms with Crippen molar-refractivity contribution in [3.05, 3.63) is 30.3 Å². The Morgan fingerprint density at radius 1 is 1.17 bits per heavy atom. The van der Waals surface area contributed by atoms with E-state index in [1.807, 2.05) is 4.90 Å². The lowest BCUT2D eigenvalue weighted by atomic mass is 10.1. The highest BCUT2D eigenvalue weighted by Gasteiger charge is 2.20. The molecule has 1 aromatic heterocycles. The Kier molecular flexibility index (Phi) is 8.14. The highest BCUT2D eigenvalue weighted by atomic mass is 32.2. The molecule has 1 saturated heterocycles. The molecule has 3 aromatic rings. The quantitative estimate of drug-likeness (QED) is 0.111. The van der Waals surface area contributed by atoms with Crippen molar-refractivity contribution >= 4 is 56.5 Å². The number of rotatable bonds is 10. The zero-order valence-electron chi connectivity index (χ0n) is 18.2. The van der Waals surface area contributed by atoms with E-state index in [0.717, 1.165) is 0 Å². The van der Waals surface area contributed by atoms with Crippen LogP contribution in [-0.4, -0.2) is 72.6 Å². The summed E-state index contributed by atoms with van der Waals surface area (Å²) >= 11 is 0.702. The summed E-state index contributed by atoms with van der Waals surface area (Å²) in [4.78, 5) is 15.4. The van der Waals surface area contributed by atoms with E-state index in [-0.39, 0.29) is 22.5 Å². The van der Waals surface area contributed by atoms with E-state index in [1.54, 1.807) is 18.2 Å². The third-order valence-electron chi connectivity index (χ3n) is 4.96. The molecule has 1 aliphatic rings. The van der Waals surface area contributed by atoms with Crippen molar-refractivity contribution in [2.45, 2.75) is 9.79 Å². The van der Waals surface area contributed by atoms with Crippen molar-refractivity contribution in [3.63, 3.8) is 0 Å². The first-order valence-corrected chi connectivity index (χ1v) is 12.6. The highest BCUT2D eigenvalue weighted by molar-refractivity contribution is 7.94. The van der Waals surface area contributed by atoms with Crippen molar-refractivity contribution < 1.29 is 32.3 Å². The molecule has 4 rings (SSSR count). The molecule has 0 aliphatic carbocycles. The summed E-state index contributed by atoms with van der Waals surface area (Å²) < 4.78 is 43.5. The van der Waals surface area contributed by atoms with Gasteiger partial charge in [0.15, 0.2) is 0 Å². The maximum Gasteiger partial charge on any atom is 0.294 e. The van der Waals surface area contributed by atoms with Crippen LogP contribution < -0.4 is 21.3 Å². The summed E-state index contributed by atoms with van der Waals surface area (Å²) in [5, 5.41) is 19.3. The number of nitrogens with one attached hydrogen (secondary N) is 2. The van der Waals surface area contributed by atoms with Crippen LogP contribution in [0.4, 0.5) is 23.5 Å². The Labute approximate surface area is 204 Å². The third-order valence-corrected chi connectivity index (χ3v) is 6.44. The van der Waals surface area contributed by atoms with Crippen molar-refractivity contribution in [3.8, 4) is 0 Å². The van der Waals surface area contributed by atoms with Gasteiger partial charge in [0.05, 0.1) is 35.8 Å². The number of nitrogens with two attached hydrogens (primary N) is 1. The van der Waals surface area contributed by atoms with Crippen molar-refractivity contribution in [2.24, 2.45) is 5.73 Å². The van der Waals surface area contributed by atoms with E-state index < -0.39 is 10.1 Å². The van der Waals surface area contributed by atoms with Gasteiger partial charge >= 0.3 is 0 Å². The predicted octanol–water partition coefficient (Wildman–Crippen LogP) is 1.65. The monoisotopic (exact) mass is 525 g/mol. The van der Waals surface area contributed by atoms with Crippen molar-refractivity contribution in [1.82, 2.24) is 15.0 Å². The standard InChI is InChI=1S/C19H23N7O7S2/c20-4-5-21-17-23-18(25-19(24-17)26-6-8-31-9-7-26)22-14-11-13(35(28,29)30)10-12-2-1-3-15(16(12)14)34-33-32-27/h1-3,10-11,27H,4-9,20H2,(H,28,29,30)(H2,21,22,23,24,25). The van der Waals surface area contributed by atoms with Crippen LogP contribution in [0.5, 0.6) is 0 Å². The van der Waals surface area contributed by atoms with Gasteiger partial charge in [-0.3, -0.25) is 4.55 Å². The summed E-state index contributed by atoms with van der Waals surface area (Å²) in [5.74, 6) is 0.789. The first kappa shape index (κ1) is 25.3. The zero-order valence-corrected chi connectivity index (χ0v) is 19.9. The number of hydrogen-bond donors (Lipinski definition) is 5.